The molecule has 0 fully saturated rings. The van der Waals surface area contributed by atoms with E-state index in [9.17, 15) is 5.48 Å². The summed E-state index contributed by atoms with van der Waals surface area (Å²) in [4.78, 5) is 0. The zero-order valence-corrected chi connectivity index (χ0v) is 24.0. The number of furan rings is 1. The first-order chi connectivity index (χ1) is 25.7. The number of rotatable bonds is 4. The highest BCUT2D eigenvalue weighted by molar-refractivity contribution is 6.27. The largest absolute Gasteiger partial charge is 0.456 e. The van der Waals surface area contributed by atoms with E-state index in [1.165, 1.54) is 0 Å². The Morgan fingerprint density at radius 2 is 0.933 bits per heavy atom. The zero-order valence-electron chi connectivity index (χ0n) is 32.0. The fraction of sp³-hybridized carbons (Fsp3) is 0. The summed E-state index contributed by atoms with van der Waals surface area (Å²) in [5.41, 5.74) is 6.33. The van der Waals surface area contributed by atoms with Crippen molar-refractivity contribution in [3.63, 3.8) is 0 Å². The number of hydrogen-bond acceptors (Lipinski definition) is 1. The van der Waals surface area contributed by atoms with Crippen LogP contribution in [0.15, 0.2) is 174 Å². The molecule has 8 aromatic carbocycles. The fourth-order valence-corrected chi connectivity index (χ4v) is 6.58. The summed E-state index contributed by atoms with van der Waals surface area (Å²) >= 11 is 0. The molecule has 0 radical (unpaired) electrons. The minimum atomic E-state index is -0.445. The second kappa shape index (κ2) is 10.4. The molecule has 1 heteroatoms. The molecular weight excluding hydrogens is 544 g/mol. The molecule has 0 spiro atoms. The highest BCUT2D eigenvalue weighted by atomic mass is 16.3. The van der Waals surface area contributed by atoms with Crippen LogP contribution in [0.4, 0.5) is 0 Å². The maximum absolute atomic E-state index is 9.52. The van der Waals surface area contributed by atoms with Gasteiger partial charge in [0.05, 0.1) is 11.0 Å². The molecule has 9 aromatic rings. The van der Waals surface area contributed by atoms with Gasteiger partial charge in [0, 0.05) is 16.3 Å². The van der Waals surface area contributed by atoms with Crippen LogP contribution in [0.25, 0.3) is 88.0 Å². The molecule has 0 amide bonds. The minimum absolute atomic E-state index is 0.158. The molecule has 210 valence electrons. The molecule has 0 saturated heterocycles. The average molecular weight is 581 g/mol. The van der Waals surface area contributed by atoms with Crippen LogP contribution in [0, 0.1) is 0 Å². The summed E-state index contributed by atoms with van der Waals surface area (Å²) in [5, 5.41) is 2.08. The first-order valence-corrected chi connectivity index (χ1v) is 14.8. The third kappa shape index (κ3) is 4.09. The molecule has 1 aromatic heterocycles. The highest BCUT2D eigenvalue weighted by Crippen LogP contribution is 2.50. The molecule has 0 unspecified atom stereocenters. The molecule has 45 heavy (non-hydrogen) atoms. The quantitative estimate of drug-likeness (QED) is 0.189. The van der Waals surface area contributed by atoms with Crippen LogP contribution in [0.1, 0.15) is 11.0 Å². The van der Waals surface area contributed by atoms with Gasteiger partial charge in [-0.1, -0.05) is 151 Å². The first kappa shape index (κ1) is 18.7. The van der Waals surface area contributed by atoms with E-state index in [4.69, 9.17) is 9.90 Å². The third-order valence-corrected chi connectivity index (χ3v) is 8.51. The molecule has 0 aliphatic heterocycles. The molecule has 0 N–H and O–H groups in total. The molecule has 0 atom stereocenters. The lowest BCUT2D eigenvalue weighted by atomic mass is 9.82. The zero-order chi connectivity index (χ0) is 36.7. The van der Waals surface area contributed by atoms with Crippen molar-refractivity contribution in [3.05, 3.63) is 170 Å². The van der Waals surface area contributed by atoms with Gasteiger partial charge in [-0.2, -0.15) is 0 Å². The maximum atomic E-state index is 9.52. The van der Waals surface area contributed by atoms with Crippen LogP contribution in [-0.2, 0) is 0 Å². The van der Waals surface area contributed by atoms with Crippen LogP contribution < -0.4 is 0 Å². The van der Waals surface area contributed by atoms with Crippen LogP contribution >= 0.6 is 0 Å². The van der Waals surface area contributed by atoms with E-state index in [0.29, 0.717) is 38.8 Å². The van der Waals surface area contributed by atoms with Crippen LogP contribution in [-0.4, -0.2) is 0 Å². The number of para-hydroxylation sites is 1. The normalized spacial score (nSPS) is 14.0. The van der Waals surface area contributed by atoms with Gasteiger partial charge in [0.2, 0.25) is 0 Å². The standard InChI is InChI=1S/C44H28O/c1-3-14-29(15-4-1)31-18-13-19-32(28-31)33-26-27-40-43(38-24-11-12-25-39(38)45-40)44(33)42-36-22-9-7-20-34(36)41(30-16-5-2-6-17-30)35-21-8-10-23-37(35)42/h1-28H/i7D,8D,9D,10D,20D,21D,22D,23D. The second-order valence-electron chi connectivity index (χ2n) is 11.0. The average Bonchev–Trinajstić information content (AvgIpc) is 3.59. The summed E-state index contributed by atoms with van der Waals surface area (Å²) in [7, 11) is 0. The Morgan fingerprint density at radius 1 is 0.378 bits per heavy atom. The Bertz CT molecular complexity index is 2890. The van der Waals surface area contributed by atoms with Gasteiger partial charge in [-0.15, -0.1) is 0 Å². The van der Waals surface area contributed by atoms with E-state index in [1.54, 1.807) is 24.3 Å². The minimum Gasteiger partial charge on any atom is -0.456 e. The van der Waals surface area contributed by atoms with Crippen LogP contribution in [0.2, 0.25) is 0 Å². The van der Waals surface area contributed by atoms with Crippen molar-refractivity contribution < 1.29 is 15.4 Å². The summed E-state index contributed by atoms with van der Waals surface area (Å²) in [6.07, 6.45) is 0. The molecule has 1 heterocycles. The highest BCUT2D eigenvalue weighted by Gasteiger charge is 2.23. The number of hydrogen-bond donors (Lipinski definition) is 0. The molecule has 1 nitrogen and oxygen atoms in total. The van der Waals surface area contributed by atoms with Crippen molar-refractivity contribution in [1.29, 1.82) is 0 Å². The molecular formula is C44H28O. The summed E-state index contributed by atoms with van der Waals surface area (Å²) < 4.78 is 79.7. The lowest BCUT2D eigenvalue weighted by Gasteiger charge is -2.20. The fourth-order valence-electron chi connectivity index (χ4n) is 6.58. The lowest BCUT2D eigenvalue weighted by Crippen LogP contribution is -1.93. The van der Waals surface area contributed by atoms with Crippen LogP contribution in [0.3, 0.4) is 0 Å². The lowest BCUT2D eigenvalue weighted by molar-refractivity contribution is 0.669. The van der Waals surface area contributed by atoms with E-state index in [2.05, 4.69) is 6.07 Å². The number of benzene rings is 8. The van der Waals surface area contributed by atoms with Gasteiger partial charge in [0.1, 0.15) is 11.2 Å². The van der Waals surface area contributed by atoms with Crippen molar-refractivity contribution in [2.45, 2.75) is 0 Å². The Balaban J connectivity index is 1.60. The van der Waals surface area contributed by atoms with E-state index < -0.39 is 24.2 Å². The van der Waals surface area contributed by atoms with E-state index in [1.807, 2.05) is 91.0 Å². The van der Waals surface area contributed by atoms with Gasteiger partial charge >= 0.3 is 0 Å². The second-order valence-corrected chi connectivity index (χ2v) is 11.0. The monoisotopic (exact) mass is 580 g/mol. The topological polar surface area (TPSA) is 13.1 Å². The predicted molar refractivity (Wildman–Crippen MR) is 190 cm³/mol. The van der Waals surface area contributed by atoms with Crippen molar-refractivity contribution >= 4 is 43.5 Å². The third-order valence-electron chi connectivity index (χ3n) is 8.51. The van der Waals surface area contributed by atoms with Crippen molar-refractivity contribution in [1.82, 2.24) is 0 Å². The van der Waals surface area contributed by atoms with Gasteiger partial charge in [0.25, 0.3) is 0 Å². The first-order valence-electron chi connectivity index (χ1n) is 18.8. The Hall–Kier alpha value is -5.92. The van der Waals surface area contributed by atoms with Gasteiger partial charge in [-0.3, -0.25) is 0 Å². The maximum Gasteiger partial charge on any atom is 0.136 e. The number of fused-ring (bicyclic) bond motifs is 5. The van der Waals surface area contributed by atoms with Gasteiger partial charge < -0.3 is 4.42 Å². The Morgan fingerprint density at radius 3 is 1.62 bits per heavy atom. The molecule has 0 saturated carbocycles. The Kier molecular flexibility index (Phi) is 4.30. The predicted octanol–water partition coefficient (Wildman–Crippen LogP) is 12.6. The van der Waals surface area contributed by atoms with Gasteiger partial charge in [-0.05, 0) is 78.7 Å². The molecule has 0 aliphatic carbocycles. The van der Waals surface area contributed by atoms with E-state index in [0.717, 1.165) is 22.1 Å². The van der Waals surface area contributed by atoms with Gasteiger partial charge in [0.15, 0.2) is 0 Å². The molecule has 0 bridgehead atoms. The smallest absolute Gasteiger partial charge is 0.136 e. The summed E-state index contributed by atoms with van der Waals surface area (Å²) in [6.45, 7) is 0. The van der Waals surface area contributed by atoms with E-state index >= 15 is 0 Å². The molecule has 0 aliphatic rings. The van der Waals surface area contributed by atoms with Crippen molar-refractivity contribution in [2.24, 2.45) is 0 Å². The SMILES string of the molecule is [2H]c1c([2H])c([2H])c2c(-c3c(-c4cccc(-c5ccccc5)c4)ccc4oc5ccccc5c34)c3c([2H])c([2H])c([2H])c([2H])c3c(-c3ccccc3)c2c1[2H]. The molecule has 9 rings (SSSR count). The van der Waals surface area contributed by atoms with Crippen LogP contribution in [0.5, 0.6) is 0 Å². The summed E-state index contributed by atoms with van der Waals surface area (Å²) in [5.74, 6) is 0. The Labute approximate surface area is 272 Å². The van der Waals surface area contributed by atoms with Crippen molar-refractivity contribution in [3.8, 4) is 44.5 Å². The van der Waals surface area contributed by atoms with Gasteiger partial charge in [-0.25, -0.2) is 0 Å². The summed E-state index contributed by atoms with van der Waals surface area (Å²) in [6, 6.07) is 35.4. The van der Waals surface area contributed by atoms with Crippen molar-refractivity contribution in [2.75, 3.05) is 0 Å². The van der Waals surface area contributed by atoms with E-state index in [-0.39, 0.29) is 51.3 Å².